The van der Waals surface area contributed by atoms with Crippen LogP contribution in [0.4, 0.5) is 0 Å². The minimum Gasteiger partial charge on any atom is -0.506 e. The number of aryl methyl sites for hydroxylation is 1. The number of phenolic OH excluding ortho intramolecular Hbond substituents is 1. The number of halogens is 1. The predicted molar refractivity (Wildman–Crippen MR) is 215 cm³/mol. The number of carbonyl (C=O) groups is 5. The summed E-state index contributed by atoms with van der Waals surface area (Å²) in [6, 6.07) is 10.3. The van der Waals surface area contributed by atoms with Crippen LogP contribution in [0.5, 0.6) is 28.7 Å². The first-order valence-electron chi connectivity index (χ1n) is 17.7. The Bertz CT molecular complexity index is 2480. The molecule has 0 bridgehead atoms. The fourth-order valence-corrected chi connectivity index (χ4v) is 7.45. The van der Waals surface area contributed by atoms with Gasteiger partial charge in [0, 0.05) is 6.08 Å². The maximum atomic E-state index is 14.1. The van der Waals surface area contributed by atoms with Gasteiger partial charge in [-0.05, 0) is 134 Å². The van der Waals surface area contributed by atoms with Gasteiger partial charge in [-0.3, -0.25) is 4.79 Å². The number of phenols is 1. The molecular formula is C44H41BrO13. The maximum Gasteiger partial charge on any atom is 0.356 e. The van der Waals surface area contributed by atoms with Gasteiger partial charge >= 0.3 is 23.9 Å². The molecule has 1 aliphatic carbocycles. The lowest BCUT2D eigenvalue weighted by Gasteiger charge is -2.30. The average Bonchev–Trinajstić information content (AvgIpc) is 3.17. The van der Waals surface area contributed by atoms with Crippen molar-refractivity contribution < 1.29 is 63.0 Å². The molecule has 13 nitrogen and oxygen atoms in total. The maximum absolute atomic E-state index is 14.1. The van der Waals surface area contributed by atoms with Crippen LogP contribution in [0.2, 0.25) is 0 Å². The molecule has 58 heavy (non-hydrogen) atoms. The Morgan fingerprint density at radius 2 is 1.24 bits per heavy atom. The molecule has 0 saturated heterocycles. The van der Waals surface area contributed by atoms with Crippen molar-refractivity contribution in [3.05, 3.63) is 120 Å². The van der Waals surface area contributed by atoms with Crippen molar-refractivity contribution in [1.29, 1.82) is 0 Å². The number of carboxylic acid groups (broad SMARTS) is 1. The predicted octanol–water partition coefficient (Wildman–Crippen LogP) is 7.82. The zero-order valence-corrected chi connectivity index (χ0v) is 35.0. The normalized spacial score (nSPS) is 14.9. The van der Waals surface area contributed by atoms with Crippen LogP contribution in [-0.4, -0.2) is 64.8 Å². The lowest BCUT2D eigenvalue weighted by atomic mass is 9.87. The lowest BCUT2D eigenvalue weighted by molar-refractivity contribution is -0.151. The second-order valence-corrected chi connectivity index (χ2v) is 14.6. The molecule has 14 heteroatoms. The highest BCUT2D eigenvalue weighted by molar-refractivity contribution is 9.10. The van der Waals surface area contributed by atoms with E-state index < -0.39 is 41.0 Å². The number of aliphatic hydroxyl groups is 1. The van der Waals surface area contributed by atoms with Gasteiger partial charge in [0.1, 0.15) is 44.4 Å². The molecule has 0 unspecified atom stereocenters. The number of carboxylic acids is 1. The van der Waals surface area contributed by atoms with Crippen molar-refractivity contribution in [3.63, 3.8) is 0 Å². The molecule has 0 fully saturated rings. The molecule has 4 aromatic rings. The summed E-state index contributed by atoms with van der Waals surface area (Å²) in [7, 11) is 2.53. The molecule has 1 atom stereocenters. The quantitative estimate of drug-likeness (QED) is 0.103. The number of aromatic carboxylic acids is 1. The molecule has 0 radical (unpaired) electrons. The van der Waals surface area contributed by atoms with Crippen molar-refractivity contribution in [2.24, 2.45) is 0 Å². The first-order chi connectivity index (χ1) is 27.2. The molecule has 0 aliphatic heterocycles. The Labute approximate surface area is 342 Å². The van der Waals surface area contributed by atoms with Crippen LogP contribution in [0.1, 0.15) is 76.9 Å². The Kier molecular flexibility index (Phi) is 12.1. The van der Waals surface area contributed by atoms with Crippen molar-refractivity contribution in [3.8, 4) is 39.9 Å². The summed E-state index contributed by atoms with van der Waals surface area (Å²) in [5.74, 6) is -5.57. The van der Waals surface area contributed by atoms with E-state index in [-0.39, 0.29) is 72.2 Å². The number of ether oxygens (including phenoxy) is 5. The number of methoxy groups -OCH3 is 2. The Morgan fingerprint density at radius 3 is 1.83 bits per heavy atom. The van der Waals surface area contributed by atoms with Gasteiger partial charge in [0.25, 0.3) is 0 Å². The summed E-state index contributed by atoms with van der Waals surface area (Å²) in [4.78, 5) is 65.7. The molecule has 1 aliphatic rings. The molecule has 0 amide bonds. The third kappa shape index (κ3) is 7.24. The molecule has 3 N–H and O–H groups in total. The summed E-state index contributed by atoms with van der Waals surface area (Å²) in [6.07, 6.45) is 2.03. The van der Waals surface area contributed by atoms with E-state index in [1.165, 1.54) is 41.1 Å². The Morgan fingerprint density at radius 1 is 0.672 bits per heavy atom. The van der Waals surface area contributed by atoms with E-state index >= 15 is 0 Å². The Hall–Kier alpha value is -6.25. The highest BCUT2D eigenvalue weighted by atomic mass is 79.9. The third-order valence-electron chi connectivity index (χ3n) is 10.5. The minimum absolute atomic E-state index is 0.0342. The number of hydrogen-bond donors (Lipinski definition) is 3. The van der Waals surface area contributed by atoms with Crippen LogP contribution in [0, 0.1) is 48.5 Å². The number of hydrogen-bond acceptors (Lipinski definition) is 12. The highest BCUT2D eigenvalue weighted by Gasteiger charge is 2.48. The summed E-state index contributed by atoms with van der Waals surface area (Å²) in [6.45, 7) is 12.6. The first kappa shape index (κ1) is 42.9. The Balaban J connectivity index is 1.49. The molecular weight excluding hydrogens is 816 g/mol. The van der Waals surface area contributed by atoms with Gasteiger partial charge in [-0.1, -0.05) is 30.3 Å². The number of allylic oxidation sites excluding steroid dienone is 2. The summed E-state index contributed by atoms with van der Waals surface area (Å²) in [5, 5.41) is 32.7. The van der Waals surface area contributed by atoms with Crippen LogP contribution in [0.3, 0.4) is 0 Å². The van der Waals surface area contributed by atoms with Gasteiger partial charge in [-0.15, -0.1) is 0 Å². The van der Waals surface area contributed by atoms with Gasteiger partial charge in [0.05, 0.1) is 25.3 Å². The highest BCUT2D eigenvalue weighted by Crippen LogP contribution is 2.47. The summed E-state index contributed by atoms with van der Waals surface area (Å²) >= 11 is 3.22. The van der Waals surface area contributed by atoms with E-state index in [1.807, 2.05) is 0 Å². The third-order valence-corrected chi connectivity index (χ3v) is 11.2. The van der Waals surface area contributed by atoms with Crippen LogP contribution in [0.25, 0.3) is 11.1 Å². The van der Waals surface area contributed by atoms with Crippen molar-refractivity contribution in [2.75, 3.05) is 14.2 Å². The van der Waals surface area contributed by atoms with E-state index in [9.17, 15) is 39.3 Å². The van der Waals surface area contributed by atoms with Gasteiger partial charge in [-0.2, -0.15) is 0 Å². The zero-order valence-electron chi connectivity index (χ0n) is 33.4. The average molecular weight is 858 g/mol. The van der Waals surface area contributed by atoms with Crippen molar-refractivity contribution in [1.82, 2.24) is 0 Å². The summed E-state index contributed by atoms with van der Waals surface area (Å²) in [5.41, 5.74) is 0.645. The van der Waals surface area contributed by atoms with Crippen LogP contribution in [-0.2, 0) is 14.3 Å². The standard InChI is InChI=1S/C44H41BrO13/c1-19-16-29(56-42(51)32-23(5)26(8)38(35(45)36(32)47)58-43(52)44(53)20(2)17-28(46)18-30(44)54-9)21(3)22(4)31(19)41(50)57-37-25(7)24(6)33(40(48)49)39(55-10)34(37)27-14-12-11-13-15-27/h11-18,47,53H,1-10H3,(H,48,49)/t44-/m1/s1. The van der Waals surface area contributed by atoms with Crippen LogP contribution < -0.4 is 18.9 Å². The molecule has 4 aromatic carbocycles. The number of carbonyl (C=O) groups excluding carboxylic acids is 4. The monoisotopic (exact) mass is 856 g/mol. The zero-order chi connectivity index (χ0) is 43.1. The number of aromatic hydroxyl groups is 1. The molecule has 5 rings (SSSR count). The molecule has 0 saturated carbocycles. The fraction of sp³-hybridized carbons (Fsp3) is 0.250. The van der Waals surface area contributed by atoms with E-state index in [1.54, 1.807) is 65.0 Å². The number of esters is 3. The number of rotatable bonds is 10. The van der Waals surface area contributed by atoms with Gasteiger partial charge < -0.3 is 39.0 Å². The second kappa shape index (κ2) is 16.3. The molecule has 0 heterocycles. The lowest BCUT2D eigenvalue weighted by Crippen LogP contribution is -2.47. The largest absolute Gasteiger partial charge is 0.506 e. The molecule has 302 valence electrons. The van der Waals surface area contributed by atoms with Crippen molar-refractivity contribution >= 4 is 45.6 Å². The summed E-state index contributed by atoms with van der Waals surface area (Å²) < 4.78 is 28.1. The van der Waals surface area contributed by atoms with E-state index in [0.29, 0.717) is 33.4 Å². The molecule has 0 aromatic heterocycles. The van der Waals surface area contributed by atoms with Gasteiger partial charge in [-0.25, -0.2) is 19.2 Å². The smallest absolute Gasteiger partial charge is 0.356 e. The van der Waals surface area contributed by atoms with Crippen LogP contribution >= 0.6 is 15.9 Å². The first-order valence-corrected chi connectivity index (χ1v) is 18.5. The SMILES string of the molecule is COC1=CC(=O)C=C(C)[C@]1(O)C(=O)Oc1c(C)c(C)c(C(=O)Oc2cc(C)c(C(=O)Oc3c(C)c(C)c(C(=O)O)c(OC)c3-c3ccccc3)c(C)c2C)c(O)c1Br. The van der Waals surface area contributed by atoms with E-state index in [4.69, 9.17) is 23.7 Å². The minimum atomic E-state index is -2.44. The van der Waals surface area contributed by atoms with Crippen LogP contribution in [0.15, 0.2) is 64.4 Å². The second-order valence-electron chi connectivity index (χ2n) is 13.8. The van der Waals surface area contributed by atoms with E-state index in [0.717, 1.165) is 12.2 Å². The van der Waals surface area contributed by atoms with Gasteiger partial charge in [0.2, 0.25) is 5.60 Å². The molecule has 0 spiro atoms. The van der Waals surface area contributed by atoms with E-state index in [2.05, 4.69) is 15.9 Å². The fourth-order valence-electron chi connectivity index (χ4n) is 6.87. The topological polar surface area (TPSA) is 192 Å². The van der Waals surface area contributed by atoms with Gasteiger partial charge in [0.15, 0.2) is 11.5 Å². The number of ketones is 1. The number of benzene rings is 4. The van der Waals surface area contributed by atoms with Crippen molar-refractivity contribution in [2.45, 2.75) is 61.0 Å².